The van der Waals surface area contributed by atoms with E-state index in [0.717, 1.165) is 5.69 Å². The molecular formula is C15H16N2OS. The largest absolute Gasteiger partial charge is 0.384 e. The van der Waals surface area contributed by atoms with Gasteiger partial charge in [-0.3, -0.25) is 4.79 Å². The minimum absolute atomic E-state index is 0.218. The first kappa shape index (κ1) is 12.2. The summed E-state index contributed by atoms with van der Waals surface area (Å²) >= 11 is 1.70. The Balaban J connectivity index is 1.84. The van der Waals surface area contributed by atoms with Crippen molar-refractivity contribution in [1.82, 2.24) is 4.90 Å². The quantitative estimate of drug-likeness (QED) is 0.911. The Morgan fingerprint density at radius 2 is 2.11 bits per heavy atom. The zero-order chi connectivity index (χ0) is 13.1. The van der Waals surface area contributed by atoms with Gasteiger partial charge in [-0.15, -0.1) is 11.3 Å². The molecule has 0 saturated heterocycles. The predicted molar refractivity (Wildman–Crippen MR) is 78.1 cm³/mol. The van der Waals surface area contributed by atoms with E-state index >= 15 is 0 Å². The van der Waals surface area contributed by atoms with E-state index in [-0.39, 0.29) is 5.91 Å². The van der Waals surface area contributed by atoms with E-state index in [1.807, 2.05) is 23.1 Å². The Labute approximate surface area is 116 Å². The standard InChI is InChI=1S/C15H16N2OS/c18-15-7-8-16-14-6-2-1-4-12(14)10-17(15)11-13-5-3-9-19-13/h1-6,9,16H,7-8,10-11H2. The summed E-state index contributed by atoms with van der Waals surface area (Å²) in [5.74, 6) is 0.218. The third kappa shape index (κ3) is 2.79. The molecule has 98 valence electrons. The lowest BCUT2D eigenvalue weighted by molar-refractivity contribution is -0.132. The van der Waals surface area contributed by atoms with Crippen LogP contribution in [0.5, 0.6) is 0 Å². The Bertz CT molecular complexity index is 565. The van der Waals surface area contributed by atoms with Crippen LogP contribution >= 0.6 is 11.3 Å². The summed E-state index contributed by atoms with van der Waals surface area (Å²) < 4.78 is 0. The molecule has 1 aromatic carbocycles. The number of anilines is 1. The van der Waals surface area contributed by atoms with Gasteiger partial charge in [0.1, 0.15) is 0 Å². The number of benzene rings is 1. The van der Waals surface area contributed by atoms with E-state index in [9.17, 15) is 4.79 Å². The lowest BCUT2D eigenvalue weighted by Gasteiger charge is -2.26. The van der Waals surface area contributed by atoms with Crippen molar-refractivity contribution in [2.24, 2.45) is 0 Å². The zero-order valence-corrected chi connectivity index (χ0v) is 11.5. The molecule has 3 rings (SSSR count). The van der Waals surface area contributed by atoms with Gasteiger partial charge >= 0.3 is 0 Å². The van der Waals surface area contributed by atoms with Gasteiger partial charge in [0.05, 0.1) is 6.54 Å². The van der Waals surface area contributed by atoms with Gasteiger partial charge in [0.2, 0.25) is 5.91 Å². The SMILES string of the molecule is O=C1CCNc2ccccc2CN1Cc1cccs1. The van der Waals surface area contributed by atoms with Crippen LogP contribution in [0.3, 0.4) is 0 Å². The van der Waals surface area contributed by atoms with Gasteiger partial charge in [-0.05, 0) is 23.1 Å². The zero-order valence-electron chi connectivity index (χ0n) is 10.6. The first-order chi connectivity index (χ1) is 9.33. The summed E-state index contributed by atoms with van der Waals surface area (Å²) in [6, 6.07) is 12.3. The maximum absolute atomic E-state index is 12.2. The van der Waals surface area contributed by atoms with Crippen LogP contribution in [0.2, 0.25) is 0 Å². The first-order valence-electron chi connectivity index (χ1n) is 6.45. The van der Waals surface area contributed by atoms with Gasteiger partial charge in [-0.2, -0.15) is 0 Å². The van der Waals surface area contributed by atoms with E-state index in [2.05, 4.69) is 28.9 Å². The van der Waals surface area contributed by atoms with Crippen molar-refractivity contribution in [2.75, 3.05) is 11.9 Å². The van der Waals surface area contributed by atoms with Crippen molar-refractivity contribution in [1.29, 1.82) is 0 Å². The van der Waals surface area contributed by atoms with E-state index in [1.165, 1.54) is 10.4 Å². The highest BCUT2D eigenvalue weighted by Crippen LogP contribution is 2.22. The van der Waals surface area contributed by atoms with E-state index < -0.39 is 0 Å². The van der Waals surface area contributed by atoms with Gasteiger partial charge in [0.15, 0.2) is 0 Å². The Morgan fingerprint density at radius 3 is 2.95 bits per heavy atom. The van der Waals surface area contributed by atoms with Crippen LogP contribution in [-0.4, -0.2) is 17.4 Å². The maximum Gasteiger partial charge on any atom is 0.224 e. The molecule has 0 aliphatic carbocycles. The molecule has 2 heterocycles. The fourth-order valence-electron chi connectivity index (χ4n) is 2.32. The molecule has 1 amide bonds. The average molecular weight is 272 g/mol. The summed E-state index contributed by atoms with van der Waals surface area (Å²) in [7, 11) is 0. The molecule has 1 aliphatic rings. The van der Waals surface area contributed by atoms with Crippen LogP contribution in [0.1, 0.15) is 16.9 Å². The van der Waals surface area contributed by atoms with E-state index in [0.29, 0.717) is 26.1 Å². The lowest BCUT2D eigenvalue weighted by Crippen LogP contribution is -2.33. The van der Waals surface area contributed by atoms with Crippen molar-refractivity contribution in [2.45, 2.75) is 19.5 Å². The van der Waals surface area contributed by atoms with Crippen LogP contribution in [0, 0.1) is 0 Å². The number of fused-ring (bicyclic) bond motifs is 1. The van der Waals surface area contributed by atoms with Crippen LogP contribution < -0.4 is 5.32 Å². The highest BCUT2D eigenvalue weighted by atomic mass is 32.1. The van der Waals surface area contributed by atoms with Crippen LogP contribution in [-0.2, 0) is 17.9 Å². The fraction of sp³-hybridized carbons (Fsp3) is 0.267. The number of rotatable bonds is 2. The maximum atomic E-state index is 12.2. The third-order valence-electron chi connectivity index (χ3n) is 3.31. The summed E-state index contributed by atoms with van der Waals surface area (Å²) in [4.78, 5) is 15.4. The van der Waals surface area contributed by atoms with Gasteiger partial charge in [-0.25, -0.2) is 0 Å². The number of amides is 1. The van der Waals surface area contributed by atoms with Gasteiger partial charge < -0.3 is 10.2 Å². The fourth-order valence-corrected chi connectivity index (χ4v) is 3.04. The number of carbonyl (C=O) groups excluding carboxylic acids is 1. The van der Waals surface area contributed by atoms with Crippen molar-refractivity contribution in [3.05, 3.63) is 52.2 Å². The number of nitrogens with zero attached hydrogens (tertiary/aromatic N) is 1. The van der Waals surface area contributed by atoms with Gasteiger partial charge in [0.25, 0.3) is 0 Å². The molecule has 0 fully saturated rings. The van der Waals surface area contributed by atoms with Crippen molar-refractivity contribution < 1.29 is 4.79 Å². The van der Waals surface area contributed by atoms with Crippen molar-refractivity contribution >= 4 is 22.9 Å². The smallest absolute Gasteiger partial charge is 0.224 e. The molecule has 0 spiro atoms. The number of hydrogen-bond donors (Lipinski definition) is 1. The van der Waals surface area contributed by atoms with Gasteiger partial charge in [-0.1, -0.05) is 24.3 Å². The third-order valence-corrected chi connectivity index (χ3v) is 4.17. The monoisotopic (exact) mass is 272 g/mol. The van der Waals surface area contributed by atoms with E-state index in [1.54, 1.807) is 11.3 Å². The van der Waals surface area contributed by atoms with Crippen LogP contribution in [0.25, 0.3) is 0 Å². The summed E-state index contributed by atoms with van der Waals surface area (Å²) in [6.07, 6.45) is 0.555. The first-order valence-corrected chi connectivity index (χ1v) is 7.33. The number of thiophene rings is 1. The number of hydrogen-bond acceptors (Lipinski definition) is 3. The minimum Gasteiger partial charge on any atom is -0.384 e. The predicted octanol–water partition coefficient (Wildman–Crippen LogP) is 3.09. The molecule has 0 saturated carbocycles. The highest BCUT2D eigenvalue weighted by molar-refractivity contribution is 7.09. The molecular weight excluding hydrogens is 256 g/mol. The van der Waals surface area contributed by atoms with Crippen molar-refractivity contribution in [3.8, 4) is 0 Å². The normalized spacial score (nSPS) is 15.4. The van der Waals surface area contributed by atoms with Crippen LogP contribution in [0.15, 0.2) is 41.8 Å². The Hall–Kier alpha value is -1.81. The Morgan fingerprint density at radius 1 is 1.21 bits per heavy atom. The summed E-state index contributed by atoms with van der Waals surface area (Å²) in [5.41, 5.74) is 2.33. The second-order valence-corrected chi connectivity index (χ2v) is 5.70. The Kier molecular flexibility index (Phi) is 3.51. The molecule has 0 bridgehead atoms. The molecule has 0 atom stereocenters. The topological polar surface area (TPSA) is 32.3 Å². The molecule has 1 aromatic heterocycles. The molecule has 0 radical (unpaired) electrons. The van der Waals surface area contributed by atoms with Crippen molar-refractivity contribution in [3.63, 3.8) is 0 Å². The molecule has 2 aromatic rings. The molecule has 4 heteroatoms. The van der Waals surface area contributed by atoms with Gasteiger partial charge in [0, 0.05) is 30.1 Å². The second kappa shape index (κ2) is 5.45. The molecule has 1 N–H and O–H groups in total. The minimum atomic E-state index is 0.218. The van der Waals surface area contributed by atoms with E-state index in [4.69, 9.17) is 0 Å². The lowest BCUT2D eigenvalue weighted by atomic mass is 10.1. The number of carbonyl (C=O) groups is 1. The highest BCUT2D eigenvalue weighted by Gasteiger charge is 2.18. The molecule has 19 heavy (non-hydrogen) atoms. The molecule has 3 nitrogen and oxygen atoms in total. The number of nitrogens with one attached hydrogen (secondary N) is 1. The second-order valence-electron chi connectivity index (χ2n) is 4.66. The molecule has 0 unspecified atom stereocenters. The average Bonchev–Trinajstić information content (AvgIpc) is 2.91. The molecule has 1 aliphatic heterocycles. The number of para-hydroxylation sites is 1. The summed E-state index contributed by atoms with van der Waals surface area (Å²) in [6.45, 7) is 2.10. The van der Waals surface area contributed by atoms with Crippen LogP contribution in [0.4, 0.5) is 5.69 Å². The summed E-state index contributed by atoms with van der Waals surface area (Å²) in [5, 5.41) is 5.38.